The number of hydrogen-bond donors (Lipinski definition) is 1. The third kappa shape index (κ3) is 3.31. The van der Waals surface area contributed by atoms with E-state index in [1.165, 1.54) is 10.3 Å². The molecule has 2 aromatic heterocycles. The maximum absolute atomic E-state index is 12.3. The van der Waals surface area contributed by atoms with Gasteiger partial charge in [-0.15, -0.1) is 11.3 Å². The van der Waals surface area contributed by atoms with E-state index in [2.05, 4.69) is 34.3 Å². The number of nitrogens with one attached hydrogen (secondary N) is 1. The van der Waals surface area contributed by atoms with E-state index in [9.17, 15) is 4.79 Å². The molecule has 0 aliphatic carbocycles. The Bertz CT molecular complexity index is 1110. The number of hydrogen-bond acceptors (Lipinski definition) is 4. The molecule has 0 radical (unpaired) electrons. The first-order valence-corrected chi connectivity index (χ1v) is 9.19. The van der Waals surface area contributed by atoms with Gasteiger partial charge in [-0.05, 0) is 61.0 Å². The normalized spacial score (nSPS) is 10.8. The van der Waals surface area contributed by atoms with E-state index in [-0.39, 0.29) is 11.1 Å². The molecule has 128 valence electrons. The maximum Gasteiger partial charge on any atom is 0.258 e. The van der Waals surface area contributed by atoms with Crippen LogP contribution in [-0.4, -0.2) is 15.9 Å². The zero-order valence-corrected chi connectivity index (χ0v) is 15.4. The predicted molar refractivity (Wildman–Crippen MR) is 107 cm³/mol. The number of rotatable bonds is 3. The van der Waals surface area contributed by atoms with Crippen molar-refractivity contribution in [1.82, 2.24) is 9.97 Å². The third-order valence-electron chi connectivity index (χ3n) is 3.94. The molecule has 0 aliphatic heterocycles. The van der Waals surface area contributed by atoms with Crippen LogP contribution in [0.3, 0.4) is 0 Å². The fourth-order valence-electron chi connectivity index (χ4n) is 2.61. The summed E-state index contributed by atoms with van der Waals surface area (Å²) in [6.45, 7) is 2.07. The lowest BCUT2D eigenvalue weighted by Crippen LogP contribution is -2.12. The van der Waals surface area contributed by atoms with Gasteiger partial charge in [-0.2, -0.15) is 0 Å². The number of thiazole rings is 1. The highest BCUT2D eigenvalue weighted by molar-refractivity contribution is 7.21. The van der Waals surface area contributed by atoms with Crippen LogP contribution in [0.4, 0.5) is 5.69 Å². The van der Waals surface area contributed by atoms with E-state index in [1.54, 1.807) is 29.7 Å². The molecule has 0 saturated heterocycles. The molecular formula is C20H14ClN3OS. The van der Waals surface area contributed by atoms with Crippen LogP contribution in [0.5, 0.6) is 0 Å². The molecule has 2 aromatic carbocycles. The molecule has 0 aliphatic rings. The Morgan fingerprint density at radius 3 is 2.69 bits per heavy atom. The Kier molecular flexibility index (Phi) is 4.41. The second-order valence-corrected chi connectivity index (χ2v) is 7.25. The van der Waals surface area contributed by atoms with Crippen LogP contribution >= 0.6 is 22.9 Å². The van der Waals surface area contributed by atoms with E-state index in [1.807, 2.05) is 30.3 Å². The Hall–Kier alpha value is -2.76. The fraction of sp³-hybridized carbons (Fsp3) is 0.0500. The van der Waals surface area contributed by atoms with E-state index in [0.29, 0.717) is 11.3 Å². The molecule has 0 spiro atoms. The average molecular weight is 380 g/mol. The minimum Gasteiger partial charge on any atom is -0.322 e. The summed E-state index contributed by atoms with van der Waals surface area (Å²) in [4.78, 5) is 20.9. The number of pyridine rings is 1. The van der Waals surface area contributed by atoms with Gasteiger partial charge in [0, 0.05) is 17.4 Å². The smallest absolute Gasteiger partial charge is 0.258 e. The molecule has 0 unspecified atom stereocenters. The van der Waals surface area contributed by atoms with Gasteiger partial charge in [0.05, 0.1) is 15.8 Å². The van der Waals surface area contributed by atoms with Crippen molar-refractivity contribution in [3.63, 3.8) is 0 Å². The Labute approximate surface area is 159 Å². The standard InChI is InChI=1S/C20H14ClN3OS/c1-12-4-9-16-17(11-12)26-20(24-16)13-5-7-14(8-6-13)23-19(25)15-3-2-10-22-18(15)21/h2-11H,1H3,(H,23,25). The zero-order valence-electron chi connectivity index (χ0n) is 13.9. The number of aromatic nitrogens is 2. The van der Waals surface area contributed by atoms with E-state index >= 15 is 0 Å². The number of anilines is 1. The molecule has 4 nitrogen and oxygen atoms in total. The Balaban J connectivity index is 1.56. The summed E-state index contributed by atoms with van der Waals surface area (Å²) in [7, 11) is 0. The summed E-state index contributed by atoms with van der Waals surface area (Å²) in [6.07, 6.45) is 1.55. The summed E-state index contributed by atoms with van der Waals surface area (Å²) in [6, 6.07) is 17.2. The van der Waals surface area contributed by atoms with E-state index in [0.717, 1.165) is 16.1 Å². The second kappa shape index (κ2) is 6.86. The van der Waals surface area contributed by atoms with Crippen molar-refractivity contribution in [2.75, 3.05) is 5.32 Å². The predicted octanol–water partition coefficient (Wildman–Crippen LogP) is 5.57. The van der Waals surface area contributed by atoms with E-state index < -0.39 is 0 Å². The topological polar surface area (TPSA) is 54.9 Å². The molecule has 0 fully saturated rings. The number of benzene rings is 2. The number of carbonyl (C=O) groups is 1. The number of fused-ring (bicyclic) bond motifs is 1. The first kappa shape index (κ1) is 16.7. The van der Waals surface area contributed by atoms with Crippen molar-refractivity contribution in [3.8, 4) is 10.6 Å². The van der Waals surface area contributed by atoms with Crippen molar-refractivity contribution < 1.29 is 4.79 Å². The Morgan fingerprint density at radius 2 is 1.92 bits per heavy atom. The minimum atomic E-state index is -0.286. The highest BCUT2D eigenvalue weighted by atomic mass is 35.5. The Morgan fingerprint density at radius 1 is 1.12 bits per heavy atom. The third-order valence-corrected chi connectivity index (χ3v) is 5.31. The summed E-state index contributed by atoms with van der Waals surface area (Å²) >= 11 is 7.62. The molecule has 6 heteroatoms. The summed E-state index contributed by atoms with van der Waals surface area (Å²) in [5.41, 5.74) is 4.27. The van der Waals surface area contributed by atoms with Crippen LogP contribution in [0.2, 0.25) is 5.15 Å². The molecule has 0 saturated carbocycles. The highest BCUT2D eigenvalue weighted by Crippen LogP contribution is 2.31. The van der Waals surface area contributed by atoms with Crippen LogP contribution in [0.15, 0.2) is 60.8 Å². The number of carbonyl (C=O) groups excluding carboxylic acids is 1. The van der Waals surface area contributed by atoms with Gasteiger partial charge in [0.2, 0.25) is 0 Å². The lowest BCUT2D eigenvalue weighted by atomic mass is 10.2. The lowest BCUT2D eigenvalue weighted by molar-refractivity contribution is 0.102. The van der Waals surface area contributed by atoms with Crippen molar-refractivity contribution >= 4 is 44.7 Å². The average Bonchev–Trinajstić information content (AvgIpc) is 3.05. The van der Waals surface area contributed by atoms with Gasteiger partial charge in [-0.1, -0.05) is 17.7 Å². The molecule has 26 heavy (non-hydrogen) atoms. The minimum absolute atomic E-state index is 0.186. The number of nitrogens with zero attached hydrogens (tertiary/aromatic N) is 2. The van der Waals surface area contributed by atoms with Crippen molar-refractivity contribution in [2.45, 2.75) is 6.92 Å². The molecule has 0 bridgehead atoms. The molecule has 1 amide bonds. The van der Waals surface area contributed by atoms with Gasteiger partial charge in [-0.25, -0.2) is 9.97 Å². The van der Waals surface area contributed by atoms with Gasteiger partial charge < -0.3 is 5.32 Å². The molecule has 2 heterocycles. The van der Waals surface area contributed by atoms with Gasteiger partial charge in [-0.3, -0.25) is 4.79 Å². The number of amides is 1. The van der Waals surface area contributed by atoms with E-state index in [4.69, 9.17) is 11.6 Å². The second-order valence-electron chi connectivity index (χ2n) is 5.86. The van der Waals surface area contributed by atoms with Crippen LogP contribution < -0.4 is 5.32 Å². The van der Waals surface area contributed by atoms with Crippen molar-refractivity contribution in [1.29, 1.82) is 0 Å². The van der Waals surface area contributed by atoms with Gasteiger partial charge >= 0.3 is 0 Å². The lowest BCUT2D eigenvalue weighted by Gasteiger charge is -2.06. The quantitative estimate of drug-likeness (QED) is 0.473. The first-order chi connectivity index (χ1) is 12.6. The molecule has 0 atom stereocenters. The van der Waals surface area contributed by atoms with Crippen LogP contribution in [0.25, 0.3) is 20.8 Å². The van der Waals surface area contributed by atoms with Crippen molar-refractivity contribution in [3.05, 3.63) is 77.1 Å². The van der Waals surface area contributed by atoms with Crippen LogP contribution in [0.1, 0.15) is 15.9 Å². The molecule has 1 N–H and O–H groups in total. The van der Waals surface area contributed by atoms with Gasteiger partial charge in [0.15, 0.2) is 0 Å². The fourth-order valence-corrected chi connectivity index (χ4v) is 3.88. The first-order valence-electron chi connectivity index (χ1n) is 8.00. The maximum atomic E-state index is 12.3. The highest BCUT2D eigenvalue weighted by Gasteiger charge is 2.11. The van der Waals surface area contributed by atoms with Crippen LogP contribution in [0, 0.1) is 6.92 Å². The van der Waals surface area contributed by atoms with Gasteiger partial charge in [0.1, 0.15) is 10.2 Å². The summed E-state index contributed by atoms with van der Waals surface area (Å²) < 4.78 is 1.17. The summed E-state index contributed by atoms with van der Waals surface area (Å²) in [5.74, 6) is -0.286. The number of aryl methyl sites for hydroxylation is 1. The monoisotopic (exact) mass is 379 g/mol. The van der Waals surface area contributed by atoms with Gasteiger partial charge in [0.25, 0.3) is 5.91 Å². The number of halogens is 1. The van der Waals surface area contributed by atoms with Crippen molar-refractivity contribution in [2.24, 2.45) is 0 Å². The molecule has 4 rings (SSSR count). The SMILES string of the molecule is Cc1ccc2nc(-c3ccc(NC(=O)c4cccnc4Cl)cc3)sc2c1. The molecule has 4 aromatic rings. The summed E-state index contributed by atoms with van der Waals surface area (Å²) in [5, 5.41) is 3.98. The van der Waals surface area contributed by atoms with Crippen LogP contribution in [-0.2, 0) is 0 Å². The molecular weight excluding hydrogens is 366 g/mol. The zero-order chi connectivity index (χ0) is 18.1. The largest absolute Gasteiger partial charge is 0.322 e.